The molecule has 2 atom stereocenters. The molecule has 0 saturated carbocycles. The van der Waals surface area contributed by atoms with Gasteiger partial charge in [0.05, 0.1) is 19.8 Å². The third-order valence-corrected chi connectivity index (χ3v) is 5.18. The fraction of sp³-hybridized carbons (Fsp3) is 0.632. The van der Waals surface area contributed by atoms with Crippen LogP contribution in [0.15, 0.2) is 18.2 Å². The number of nitrogens with zero attached hydrogens (tertiary/aromatic N) is 1. The summed E-state index contributed by atoms with van der Waals surface area (Å²) in [4.78, 5) is 14.6. The second-order valence-corrected chi connectivity index (χ2v) is 6.99. The van der Waals surface area contributed by atoms with Gasteiger partial charge in [0.2, 0.25) is 0 Å². The number of benzene rings is 1. The Morgan fingerprint density at radius 1 is 1.27 bits per heavy atom. The molecule has 2 N–H and O–H groups in total. The smallest absolute Gasteiger partial charge is 0.315 e. The summed E-state index contributed by atoms with van der Waals surface area (Å²) in [5.41, 5.74) is 1.35. The highest BCUT2D eigenvalue weighted by Gasteiger charge is 2.31. The van der Waals surface area contributed by atoms with Gasteiger partial charge in [-0.05, 0) is 30.5 Å². The van der Waals surface area contributed by atoms with E-state index in [4.69, 9.17) is 9.47 Å². The van der Waals surface area contributed by atoms with Gasteiger partial charge in [-0.25, -0.2) is 9.18 Å². The summed E-state index contributed by atoms with van der Waals surface area (Å²) in [6, 6.07) is 5.03. The van der Waals surface area contributed by atoms with E-state index >= 15 is 0 Å². The number of rotatable bonds is 6. The van der Waals surface area contributed by atoms with Gasteiger partial charge in [0.1, 0.15) is 5.82 Å². The second kappa shape index (κ2) is 9.30. The highest BCUT2D eigenvalue weighted by atomic mass is 19.1. The van der Waals surface area contributed by atoms with Crippen LogP contribution in [-0.2, 0) is 16.0 Å². The molecule has 7 heteroatoms. The van der Waals surface area contributed by atoms with Crippen molar-refractivity contribution in [3.8, 4) is 0 Å². The zero-order chi connectivity index (χ0) is 18.4. The number of nitrogens with one attached hydrogen (secondary N) is 2. The number of urea groups is 1. The van der Waals surface area contributed by atoms with E-state index in [0.717, 1.165) is 51.5 Å². The predicted octanol–water partition coefficient (Wildman–Crippen LogP) is 1.67. The molecular formula is C19H28FN3O3. The van der Waals surface area contributed by atoms with Crippen molar-refractivity contribution < 1.29 is 18.7 Å². The zero-order valence-corrected chi connectivity index (χ0v) is 15.3. The molecule has 6 nitrogen and oxygen atoms in total. The Morgan fingerprint density at radius 2 is 2.08 bits per heavy atom. The number of amides is 2. The molecule has 144 valence electrons. The Balaban J connectivity index is 1.49. The van der Waals surface area contributed by atoms with Crippen molar-refractivity contribution in [3.63, 3.8) is 0 Å². The van der Waals surface area contributed by atoms with Gasteiger partial charge in [0.15, 0.2) is 0 Å². The molecule has 3 rings (SSSR count). The maximum Gasteiger partial charge on any atom is 0.315 e. The summed E-state index contributed by atoms with van der Waals surface area (Å²) < 4.78 is 24.6. The lowest BCUT2D eigenvalue weighted by Gasteiger charge is -2.37. The summed E-state index contributed by atoms with van der Waals surface area (Å²) in [5.74, 6) is 0.179. The van der Waals surface area contributed by atoms with Crippen molar-refractivity contribution in [3.05, 3.63) is 35.1 Å². The Labute approximate surface area is 154 Å². The van der Waals surface area contributed by atoms with E-state index in [0.29, 0.717) is 24.6 Å². The van der Waals surface area contributed by atoms with Crippen LogP contribution < -0.4 is 10.6 Å². The number of carbonyl (C=O) groups excluding carboxylic acids is 1. The summed E-state index contributed by atoms with van der Waals surface area (Å²) in [6.07, 6.45) is 1.02. The van der Waals surface area contributed by atoms with Gasteiger partial charge in [-0.15, -0.1) is 0 Å². The van der Waals surface area contributed by atoms with Crippen molar-refractivity contribution in [2.45, 2.75) is 25.9 Å². The van der Waals surface area contributed by atoms with Gasteiger partial charge in [0, 0.05) is 44.7 Å². The number of ether oxygens (including phenoxy) is 2. The summed E-state index contributed by atoms with van der Waals surface area (Å²) in [5, 5.41) is 5.77. The maximum atomic E-state index is 13.6. The molecular weight excluding hydrogens is 337 g/mol. The van der Waals surface area contributed by atoms with E-state index in [1.807, 2.05) is 6.07 Å². The number of hydrogen-bond acceptors (Lipinski definition) is 4. The average molecular weight is 365 g/mol. The highest BCUT2D eigenvalue weighted by molar-refractivity contribution is 5.73. The van der Waals surface area contributed by atoms with Crippen molar-refractivity contribution in [2.75, 3.05) is 46.1 Å². The predicted molar refractivity (Wildman–Crippen MR) is 96.5 cm³/mol. The summed E-state index contributed by atoms with van der Waals surface area (Å²) in [7, 11) is 0. The van der Waals surface area contributed by atoms with E-state index in [2.05, 4.69) is 15.5 Å². The van der Waals surface area contributed by atoms with Crippen LogP contribution in [0.5, 0.6) is 0 Å². The van der Waals surface area contributed by atoms with Crippen molar-refractivity contribution >= 4 is 6.03 Å². The van der Waals surface area contributed by atoms with Crippen LogP contribution in [0, 0.1) is 18.7 Å². The van der Waals surface area contributed by atoms with Crippen LogP contribution in [-0.4, -0.2) is 63.0 Å². The highest BCUT2D eigenvalue weighted by Crippen LogP contribution is 2.21. The summed E-state index contributed by atoms with van der Waals surface area (Å²) >= 11 is 0. The molecule has 2 amide bonds. The Kier molecular flexibility index (Phi) is 6.82. The molecule has 0 radical (unpaired) electrons. The fourth-order valence-electron chi connectivity index (χ4n) is 3.55. The van der Waals surface area contributed by atoms with Crippen LogP contribution in [0.3, 0.4) is 0 Å². The Morgan fingerprint density at radius 3 is 2.77 bits per heavy atom. The maximum absolute atomic E-state index is 13.6. The third-order valence-electron chi connectivity index (χ3n) is 5.18. The molecule has 2 aliphatic heterocycles. The molecule has 2 saturated heterocycles. The van der Waals surface area contributed by atoms with Crippen LogP contribution in [0.2, 0.25) is 0 Å². The Hall–Kier alpha value is -1.70. The first kappa shape index (κ1) is 19.1. The minimum Gasteiger partial charge on any atom is -0.381 e. The quantitative estimate of drug-likeness (QED) is 0.805. The summed E-state index contributed by atoms with van der Waals surface area (Å²) in [6.45, 7) is 7.35. The number of morpholine rings is 1. The topological polar surface area (TPSA) is 62.8 Å². The molecule has 1 aromatic carbocycles. The van der Waals surface area contributed by atoms with Crippen LogP contribution in [0.1, 0.15) is 17.5 Å². The average Bonchev–Trinajstić information content (AvgIpc) is 3.18. The molecule has 2 unspecified atom stereocenters. The van der Waals surface area contributed by atoms with Crippen molar-refractivity contribution in [1.29, 1.82) is 0 Å². The van der Waals surface area contributed by atoms with Crippen LogP contribution in [0.25, 0.3) is 0 Å². The monoisotopic (exact) mass is 365 g/mol. The lowest BCUT2D eigenvalue weighted by atomic mass is 9.97. The van der Waals surface area contributed by atoms with Gasteiger partial charge >= 0.3 is 6.03 Å². The normalized spacial score (nSPS) is 22.2. The van der Waals surface area contributed by atoms with E-state index in [1.54, 1.807) is 13.0 Å². The van der Waals surface area contributed by atoms with E-state index < -0.39 is 0 Å². The van der Waals surface area contributed by atoms with Gasteiger partial charge in [-0.3, -0.25) is 4.90 Å². The molecule has 2 aliphatic rings. The molecule has 0 bridgehead atoms. The number of halogens is 1. The van der Waals surface area contributed by atoms with Gasteiger partial charge in [-0.1, -0.05) is 12.1 Å². The second-order valence-electron chi connectivity index (χ2n) is 6.99. The van der Waals surface area contributed by atoms with Crippen molar-refractivity contribution in [1.82, 2.24) is 15.5 Å². The molecule has 26 heavy (non-hydrogen) atoms. The van der Waals surface area contributed by atoms with E-state index in [-0.39, 0.29) is 17.9 Å². The first-order valence-corrected chi connectivity index (χ1v) is 9.30. The lowest BCUT2D eigenvalue weighted by molar-refractivity contribution is 0.00212. The van der Waals surface area contributed by atoms with E-state index in [1.165, 1.54) is 6.07 Å². The van der Waals surface area contributed by atoms with E-state index in [9.17, 15) is 9.18 Å². The fourth-order valence-corrected chi connectivity index (χ4v) is 3.55. The van der Waals surface area contributed by atoms with Gasteiger partial charge in [-0.2, -0.15) is 0 Å². The largest absolute Gasteiger partial charge is 0.381 e. The first-order valence-electron chi connectivity index (χ1n) is 9.30. The molecule has 0 spiro atoms. The zero-order valence-electron chi connectivity index (χ0n) is 15.3. The van der Waals surface area contributed by atoms with Crippen LogP contribution >= 0.6 is 0 Å². The standard InChI is InChI=1S/C19H28FN3O3/c1-14-2-3-15(10-17(14)20)11-21-19(24)22-12-18(16-4-7-26-13-16)23-5-8-25-9-6-23/h2-3,10,16,18H,4-9,11-13H2,1H3,(H2,21,22,24). The molecule has 0 aliphatic carbocycles. The third kappa shape index (κ3) is 5.16. The van der Waals surface area contributed by atoms with Gasteiger partial charge < -0.3 is 20.1 Å². The lowest BCUT2D eigenvalue weighted by Crippen LogP contribution is -2.53. The number of hydrogen-bond donors (Lipinski definition) is 2. The van der Waals surface area contributed by atoms with Crippen molar-refractivity contribution in [2.24, 2.45) is 5.92 Å². The SMILES string of the molecule is Cc1ccc(CNC(=O)NCC(C2CCOC2)N2CCOCC2)cc1F. The Bertz CT molecular complexity index is 602. The minimum absolute atomic E-state index is 0.233. The molecule has 2 fully saturated rings. The number of aryl methyl sites for hydroxylation is 1. The minimum atomic E-state index is -0.252. The van der Waals surface area contributed by atoms with Gasteiger partial charge in [0.25, 0.3) is 0 Å². The molecule has 0 aromatic heterocycles. The molecule has 1 aromatic rings. The first-order chi connectivity index (χ1) is 12.6. The van der Waals surface area contributed by atoms with Crippen LogP contribution in [0.4, 0.5) is 9.18 Å². The molecule has 2 heterocycles. The number of carbonyl (C=O) groups is 1.